The first-order valence-electron chi connectivity index (χ1n) is 4.95. The molecule has 1 aromatic rings. The molecule has 98 valence electrons. The van der Waals surface area contributed by atoms with Crippen LogP contribution in [0.4, 0.5) is 11.4 Å². The van der Waals surface area contributed by atoms with Gasteiger partial charge in [-0.25, -0.2) is 0 Å². The molecule has 0 aliphatic rings. The second-order valence-electron chi connectivity index (χ2n) is 3.84. The minimum absolute atomic E-state index is 0.104. The first-order valence-corrected chi connectivity index (χ1v) is 4.95. The Kier molecular flexibility index (Phi) is 3.84. The number of nitrogens with two attached hydrogens (primary N) is 2. The molecule has 0 saturated carbocycles. The van der Waals surface area contributed by atoms with Crippen molar-refractivity contribution in [1.29, 1.82) is 0 Å². The summed E-state index contributed by atoms with van der Waals surface area (Å²) in [5.74, 6) is -1.15. The monoisotopic (exact) mass is 255 g/mol. The zero-order valence-electron chi connectivity index (χ0n) is 9.53. The van der Waals surface area contributed by atoms with E-state index in [-0.39, 0.29) is 11.3 Å². The lowest BCUT2D eigenvalue weighted by molar-refractivity contribution is -0.384. The lowest BCUT2D eigenvalue weighted by atomic mass is 9.99. The Hall–Kier alpha value is -2.19. The number of primary amides is 1. The van der Waals surface area contributed by atoms with Crippen LogP contribution in [0, 0.1) is 17.0 Å². The van der Waals surface area contributed by atoms with E-state index < -0.39 is 28.7 Å². The molecule has 8 heteroatoms. The number of carbonyl (C=O) groups excluding carboxylic acids is 1. The van der Waals surface area contributed by atoms with Gasteiger partial charge in [-0.3, -0.25) is 14.9 Å². The third kappa shape index (κ3) is 2.55. The van der Waals surface area contributed by atoms with Gasteiger partial charge in [-0.1, -0.05) is 6.07 Å². The molecule has 0 fully saturated rings. The number of hydrogen-bond donors (Lipinski definition) is 4. The highest BCUT2D eigenvalue weighted by atomic mass is 16.6. The van der Waals surface area contributed by atoms with Crippen LogP contribution >= 0.6 is 0 Å². The summed E-state index contributed by atoms with van der Waals surface area (Å²) in [6.07, 6.45) is -3.59. The molecule has 6 N–H and O–H groups in total. The number of benzene rings is 1. The maximum Gasteiger partial charge on any atom is 0.292 e. The summed E-state index contributed by atoms with van der Waals surface area (Å²) in [7, 11) is 0. The first kappa shape index (κ1) is 13.9. The van der Waals surface area contributed by atoms with Crippen LogP contribution in [0.5, 0.6) is 0 Å². The topological polar surface area (TPSA) is 153 Å². The van der Waals surface area contributed by atoms with Crippen LogP contribution in [-0.2, 0) is 4.79 Å². The Bertz CT molecular complexity index is 503. The molecule has 0 radical (unpaired) electrons. The van der Waals surface area contributed by atoms with Crippen LogP contribution in [0.25, 0.3) is 0 Å². The number of nitrogen functional groups attached to an aromatic ring is 1. The zero-order valence-corrected chi connectivity index (χ0v) is 9.53. The van der Waals surface area contributed by atoms with E-state index in [0.717, 1.165) is 0 Å². The summed E-state index contributed by atoms with van der Waals surface area (Å²) in [5, 5.41) is 29.8. The number of aryl methyl sites for hydroxylation is 1. The number of hydrogen-bond acceptors (Lipinski definition) is 6. The van der Waals surface area contributed by atoms with Crippen molar-refractivity contribution in [2.24, 2.45) is 5.73 Å². The molecule has 0 aromatic heterocycles. The van der Waals surface area contributed by atoms with Crippen LogP contribution < -0.4 is 11.5 Å². The predicted molar refractivity (Wildman–Crippen MR) is 62.4 cm³/mol. The van der Waals surface area contributed by atoms with Crippen molar-refractivity contribution in [3.63, 3.8) is 0 Å². The number of nitro benzene ring substituents is 1. The normalized spacial score (nSPS) is 13.9. The van der Waals surface area contributed by atoms with Crippen LogP contribution in [0.2, 0.25) is 0 Å². The highest BCUT2D eigenvalue weighted by Crippen LogP contribution is 2.32. The lowest BCUT2D eigenvalue weighted by Crippen LogP contribution is -2.34. The molecule has 1 rings (SSSR count). The Morgan fingerprint density at radius 2 is 2.00 bits per heavy atom. The number of anilines is 1. The van der Waals surface area contributed by atoms with Crippen molar-refractivity contribution in [1.82, 2.24) is 0 Å². The second kappa shape index (κ2) is 4.98. The molecule has 0 aliphatic heterocycles. The molecular weight excluding hydrogens is 242 g/mol. The average molecular weight is 255 g/mol. The molecule has 0 aliphatic carbocycles. The number of nitro groups is 1. The summed E-state index contributed by atoms with van der Waals surface area (Å²) >= 11 is 0. The number of aliphatic hydroxyl groups excluding tert-OH is 2. The van der Waals surface area contributed by atoms with Gasteiger partial charge in [-0.2, -0.15) is 0 Å². The van der Waals surface area contributed by atoms with Crippen molar-refractivity contribution in [3.8, 4) is 0 Å². The van der Waals surface area contributed by atoms with Gasteiger partial charge < -0.3 is 21.7 Å². The Morgan fingerprint density at radius 1 is 1.44 bits per heavy atom. The highest BCUT2D eigenvalue weighted by molar-refractivity contribution is 5.80. The SMILES string of the molecule is Cc1cc(C(O)C(O)C(N)=O)c(N)c([N+](=O)[O-])c1. The quantitative estimate of drug-likeness (QED) is 0.319. The van der Waals surface area contributed by atoms with E-state index in [2.05, 4.69) is 0 Å². The van der Waals surface area contributed by atoms with E-state index in [1.807, 2.05) is 0 Å². The molecule has 18 heavy (non-hydrogen) atoms. The molecule has 0 saturated heterocycles. The van der Waals surface area contributed by atoms with Crippen LogP contribution in [0.1, 0.15) is 17.2 Å². The van der Waals surface area contributed by atoms with Crippen molar-refractivity contribution >= 4 is 17.3 Å². The fraction of sp³-hybridized carbons (Fsp3) is 0.300. The van der Waals surface area contributed by atoms with Gasteiger partial charge in [-0.05, 0) is 12.5 Å². The summed E-state index contributed by atoms with van der Waals surface area (Å²) in [6.45, 7) is 1.55. The van der Waals surface area contributed by atoms with E-state index >= 15 is 0 Å². The number of carbonyl (C=O) groups is 1. The van der Waals surface area contributed by atoms with Gasteiger partial charge in [0, 0.05) is 11.6 Å². The van der Waals surface area contributed by atoms with E-state index in [1.54, 1.807) is 6.92 Å². The molecule has 1 amide bonds. The second-order valence-corrected chi connectivity index (χ2v) is 3.84. The van der Waals surface area contributed by atoms with Crippen LogP contribution in [-0.4, -0.2) is 27.1 Å². The number of nitrogens with zero attached hydrogens (tertiary/aromatic N) is 1. The first-order chi connectivity index (χ1) is 8.25. The van der Waals surface area contributed by atoms with Gasteiger partial charge in [0.15, 0.2) is 6.10 Å². The smallest absolute Gasteiger partial charge is 0.292 e. The van der Waals surface area contributed by atoms with Gasteiger partial charge in [0.25, 0.3) is 5.69 Å². The van der Waals surface area contributed by atoms with Gasteiger partial charge >= 0.3 is 0 Å². The highest BCUT2D eigenvalue weighted by Gasteiger charge is 2.28. The maximum atomic E-state index is 10.8. The molecule has 1 aromatic carbocycles. The Morgan fingerprint density at radius 3 is 2.44 bits per heavy atom. The van der Waals surface area contributed by atoms with Crippen LogP contribution in [0.3, 0.4) is 0 Å². The number of rotatable bonds is 4. The number of amides is 1. The van der Waals surface area contributed by atoms with Crippen molar-refractivity contribution < 1.29 is 19.9 Å². The van der Waals surface area contributed by atoms with Gasteiger partial charge in [-0.15, -0.1) is 0 Å². The van der Waals surface area contributed by atoms with Gasteiger partial charge in [0.2, 0.25) is 5.91 Å². The fourth-order valence-corrected chi connectivity index (χ4v) is 1.53. The van der Waals surface area contributed by atoms with Crippen molar-refractivity contribution in [3.05, 3.63) is 33.4 Å². The van der Waals surface area contributed by atoms with Crippen LogP contribution in [0.15, 0.2) is 12.1 Å². The minimum atomic E-state index is -1.88. The molecule has 2 atom stereocenters. The third-order valence-electron chi connectivity index (χ3n) is 2.44. The molecule has 8 nitrogen and oxygen atoms in total. The third-order valence-corrected chi connectivity index (χ3v) is 2.44. The average Bonchev–Trinajstić information content (AvgIpc) is 2.29. The summed E-state index contributed by atoms with van der Waals surface area (Å²) in [5.41, 5.74) is 10.0. The van der Waals surface area contributed by atoms with Gasteiger partial charge in [0.05, 0.1) is 4.92 Å². The molecule has 2 unspecified atom stereocenters. The maximum absolute atomic E-state index is 10.8. The largest absolute Gasteiger partial charge is 0.393 e. The standard InChI is InChI=1S/C10H13N3O5/c1-4-2-5(8(14)9(15)10(12)16)7(11)6(3-4)13(17)18/h2-3,8-9,14-15H,11H2,1H3,(H2,12,16). The summed E-state index contributed by atoms with van der Waals surface area (Å²) < 4.78 is 0. The molecule has 0 heterocycles. The lowest BCUT2D eigenvalue weighted by Gasteiger charge is -2.17. The fourth-order valence-electron chi connectivity index (χ4n) is 1.53. The van der Waals surface area contributed by atoms with Crippen molar-refractivity contribution in [2.75, 3.05) is 5.73 Å². The number of aliphatic hydroxyl groups is 2. The molecule has 0 spiro atoms. The van der Waals surface area contributed by atoms with E-state index in [0.29, 0.717) is 5.56 Å². The zero-order chi connectivity index (χ0) is 14.0. The van der Waals surface area contributed by atoms with E-state index in [1.165, 1.54) is 12.1 Å². The van der Waals surface area contributed by atoms with E-state index in [4.69, 9.17) is 11.5 Å². The predicted octanol–water partition coefficient (Wildman–Crippen LogP) is -0.635. The Balaban J connectivity index is 3.32. The molecule has 0 bridgehead atoms. The Labute approximate surface area is 102 Å². The molecular formula is C10H13N3O5. The summed E-state index contributed by atoms with van der Waals surface area (Å²) in [6, 6.07) is 2.57. The van der Waals surface area contributed by atoms with Gasteiger partial charge in [0.1, 0.15) is 11.8 Å². The van der Waals surface area contributed by atoms with E-state index in [9.17, 15) is 25.1 Å². The van der Waals surface area contributed by atoms with Crippen molar-refractivity contribution in [2.45, 2.75) is 19.1 Å². The minimum Gasteiger partial charge on any atom is -0.393 e. The summed E-state index contributed by atoms with van der Waals surface area (Å²) in [4.78, 5) is 20.8.